The highest BCUT2D eigenvalue weighted by molar-refractivity contribution is 7.10. The summed E-state index contributed by atoms with van der Waals surface area (Å²) < 4.78 is 18.0. The first-order chi connectivity index (χ1) is 18.0. The highest BCUT2D eigenvalue weighted by Crippen LogP contribution is 2.39. The minimum atomic E-state index is -0.467. The SMILES string of the molecule is CCn1cc(C(=O)N2CCc3ccsc3C2Cc2ccc(OC)c(OCC(=O)OC)c2)c2ccccc21. The van der Waals surface area contributed by atoms with Gasteiger partial charge < -0.3 is 23.7 Å². The summed E-state index contributed by atoms with van der Waals surface area (Å²) >= 11 is 1.70. The van der Waals surface area contributed by atoms with Crippen LogP contribution in [0.25, 0.3) is 10.9 Å². The van der Waals surface area contributed by atoms with Crippen LogP contribution in [0.2, 0.25) is 0 Å². The van der Waals surface area contributed by atoms with Crippen LogP contribution in [0.3, 0.4) is 0 Å². The van der Waals surface area contributed by atoms with Crippen LogP contribution in [-0.4, -0.2) is 48.7 Å². The molecule has 0 aliphatic carbocycles. The second-order valence-corrected chi connectivity index (χ2v) is 9.92. The number of amides is 1. The summed E-state index contributed by atoms with van der Waals surface area (Å²) in [7, 11) is 2.89. The number of hydrogen-bond donors (Lipinski definition) is 0. The minimum absolute atomic E-state index is 0.0446. The molecule has 1 aliphatic rings. The molecular weight excluding hydrogens is 488 g/mol. The molecule has 1 amide bonds. The number of esters is 1. The number of nitrogens with zero attached hydrogens (tertiary/aromatic N) is 2. The van der Waals surface area contributed by atoms with E-state index in [0.717, 1.165) is 35.0 Å². The molecule has 1 unspecified atom stereocenters. The predicted molar refractivity (Wildman–Crippen MR) is 144 cm³/mol. The van der Waals surface area contributed by atoms with Gasteiger partial charge >= 0.3 is 5.97 Å². The number of hydrogen-bond acceptors (Lipinski definition) is 6. The number of aryl methyl sites for hydroxylation is 1. The molecule has 192 valence electrons. The van der Waals surface area contributed by atoms with Crippen molar-refractivity contribution in [2.75, 3.05) is 27.4 Å². The Morgan fingerprint density at radius 1 is 1.08 bits per heavy atom. The molecular formula is C29H30N2O5S. The van der Waals surface area contributed by atoms with Gasteiger partial charge in [-0.3, -0.25) is 4.79 Å². The zero-order valence-electron chi connectivity index (χ0n) is 21.2. The van der Waals surface area contributed by atoms with Crippen molar-refractivity contribution >= 4 is 34.1 Å². The van der Waals surface area contributed by atoms with E-state index in [1.165, 1.54) is 17.6 Å². The minimum Gasteiger partial charge on any atom is -0.493 e. The van der Waals surface area contributed by atoms with Crippen LogP contribution in [0.1, 0.15) is 39.3 Å². The number of aromatic nitrogens is 1. The lowest BCUT2D eigenvalue weighted by Crippen LogP contribution is -2.40. The zero-order chi connectivity index (χ0) is 25.9. The number of carbonyl (C=O) groups is 2. The fraction of sp³-hybridized carbons (Fsp3) is 0.310. The highest BCUT2D eigenvalue weighted by atomic mass is 32.1. The Hall–Kier alpha value is -3.78. The highest BCUT2D eigenvalue weighted by Gasteiger charge is 2.34. The van der Waals surface area contributed by atoms with E-state index in [9.17, 15) is 9.59 Å². The second kappa shape index (κ2) is 10.7. The van der Waals surface area contributed by atoms with Crippen molar-refractivity contribution in [3.05, 3.63) is 81.7 Å². The van der Waals surface area contributed by atoms with Crippen LogP contribution in [0.15, 0.2) is 60.1 Å². The normalized spacial score (nSPS) is 14.9. The molecule has 1 atom stereocenters. The van der Waals surface area contributed by atoms with Crippen LogP contribution in [0, 0.1) is 0 Å². The van der Waals surface area contributed by atoms with E-state index in [1.54, 1.807) is 18.4 Å². The summed E-state index contributed by atoms with van der Waals surface area (Å²) in [6, 6.07) is 15.8. The number of methoxy groups -OCH3 is 2. The van der Waals surface area contributed by atoms with Gasteiger partial charge in [0.2, 0.25) is 0 Å². The molecule has 7 nitrogen and oxygen atoms in total. The summed E-state index contributed by atoms with van der Waals surface area (Å²) in [5.41, 5.74) is 4.09. The number of thiophene rings is 1. The fourth-order valence-corrected chi connectivity index (χ4v) is 6.11. The molecule has 0 saturated heterocycles. The largest absolute Gasteiger partial charge is 0.493 e. The molecule has 0 radical (unpaired) electrons. The molecule has 2 aromatic carbocycles. The summed E-state index contributed by atoms with van der Waals surface area (Å²) in [6.07, 6.45) is 3.44. The van der Waals surface area contributed by atoms with Crippen LogP contribution in [0.4, 0.5) is 0 Å². The molecule has 0 saturated carbocycles. The van der Waals surface area contributed by atoms with Crippen LogP contribution in [-0.2, 0) is 28.9 Å². The van der Waals surface area contributed by atoms with E-state index in [2.05, 4.69) is 29.0 Å². The smallest absolute Gasteiger partial charge is 0.343 e. The fourth-order valence-electron chi connectivity index (χ4n) is 5.04. The number of ether oxygens (including phenoxy) is 3. The average Bonchev–Trinajstić information content (AvgIpc) is 3.56. The quantitative estimate of drug-likeness (QED) is 0.298. The standard InChI is InChI=1S/C29H30N2O5S/c1-4-30-17-22(21-7-5-6-8-23(21)30)29(33)31-13-11-20-12-14-37-28(20)24(31)15-19-9-10-25(34-2)26(16-19)36-18-27(32)35-3/h5-10,12,14,16-17,24H,4,11,13,15,18H2,1-3H3. The first-order valence-electron chi connectivity index (χ1n) is 12.4. The lowest BCUT2D eigenvalue weighted by Gasteiger charge is -2.36. The van der Waals surface area contributed by atoms with Gasteiger partial charge in [-0.05, 0) is 60.5 Å². The van der Waals surface area contributed by atoms with Crippen molar-refractivity contribution in [2.45, 2.75) is 32.4 Å². The first kappa shape index (κ1) is 24.9. The van der Waals surface area contributed by atoms with Crippen LogP contribution >= 0.6 is 11.3 Å². The van der Waals surface area contributed by atoms with Crippen molar-refractivity contribution in [3.8, 4) is 11.5 Å². The molecule has 0 spiro atoms. The Labute approximate surface area is 220 Å². The Morgan fingerprint density at radius 3 is 2.70 bits per heavy atom. The lowest BCUT2D eigenvalue weighted by atomic mass is 9.94. The van der Waals surface area contributed by atoms with Crippen LogP contribution < -0.4 is 9.47 Å². The summed E-state index contributed by atoms with van der Waals surface area (Å²) in [6.45, 7) is 3.33. The maximum absolute atomic E-state index is 14.1. The maximum Gasteiger partial charge on any atom is 0.343 e. The average molecular weight is 519 g/mol. The predicted octanol–water partition coefficient (Wildman–Crippen LogP) is 5.27. The molecule has 1 aliphatic heterocycles. The Balaban J connectivity index is 1.49. The van der Waals surface area contributed by atoms with Gasteiger partial charge in [0.15, 0.2) is 18.1 Å². The van der Waals surface area contributed by atoms with E-state index in [-0.39, 0.29) is 18.6 Å². The van der Waals surface area contributed by atoms with Gasteiger partial charge in [0.05, 0.1) is 25.8 Å². The summed E-state index contributed by atoms with van der Waals surface area (Å²) in [4.78, 5) is 28.9. The van der Waals surface area contributed by atoms with Gasteiger partial charge in [-0.25, -0.2) is 4.79 Å². The van der Waals surface area contributed by atoms with E-state index in [1.807, 2.05) is 47.5 Å². The monoisotopic (exact) mass is 518 g/mol. The number of fused-ring (bicyclic) bond motifs is 2. The van der Waals surface area contributed by atoms with E-state index in [0.29, 0.717) is 24.5 Å². The molecule has 3 heterocycles. The lowest BCUT2D eigenvalue weighted by molar-refractivity contribution is -0.142. The Bertz CT molecular complexity index is 1440. The number of rotatable bonds is 8. The Morgan fingerprint density at radius 2 is 1.92 bits per heavy atom. The summed E-state index contributed by atoms with van der Waals surface area (Å²) in [5, 5.41) is 3.08. The van der Waals surface area contributed by atoms with E-state index >= 15 is 0 Å². The van der Waals surface area contributed by atoms with Crippen molar-refractivity contribution in [1.29, 1.82) is 0 Å². The number of para-hydroxylation sites is 1. The molecule has 2 aromatic heterocycles. The Kier molecular flexibility index (Phi) is 7.19. The molecule has 0 fully saturated rings. The molecule has 0 N–H and O–H groups in total. The van der Waals surface area contributed by atoms with Gasteiger partial charge in [0.1, 0.15) is 0 Å². The second-order valence-electron chi connectivity index (χ2n) is 8.97. The van der Waals surface area contributed by atoms with Crippen molar-refractivity contribution in [2.24, 2.45) is 0 Å². The number of carbonyl (C=O) groups excluding carboxylic acids is 2. The molecule has 37 heavy (non-hydrogen) atoms. The number of benzene rings is 2. The van der Waals surface area contributed by atoms with Gasteiger partial charge in [-0.2, -0.15) is 0 Å². The van der Waals surface area contributed by atoms with Crippen LogP contribution in [0.5, 0.6) is 11.5 Å². The molecule has 8 heteroatoms. The van der Waals surface area contributed by atoms with Gasteiger partial charge in [0.25, 0.3) is 5.91 Å². The first-order valence-corrected chi connectivity index (χ1v) is 13.2. The van der Waals surface area contributed by atoms with Gasteiger partial charge in [-0.15, -0.1) is 11.3 Å². The van der Waals surface area contributed by atoms with Crippen molar-refractivity contribution in [3.63, 3.8) is 0 Å². The van der Waals surface area contributed by atoms with Gasteiger partial charge in [-0.1, -0.05) is 24.3 Å². The van der Waals surface area contributed by atoms with E-state index in [4.69, 9.17) is 14.2 Å². The molecule has 4 aromatic rings. The van der Waals surface area contributed by atoms with Crippen molar-refractivity contribution < 1.29 is 23.8 Å². The zero-order valence-corrected chi connectivity index (χ0v) is 22.0. The summed E-state index contributed by atoms with van der Waals surface area (Å²) in [5.74, 6) is 0.582. The topological polar surface area (TPSA) is 70.0 Å². The third-order valence-corrected chi connectivity index (χ3v) is 7.99. The third kappa shape index (κ3) is 4.81. The van der Waals surface area contributed by atoms with Gasteiger partial charge in [0, 0.05) is 35.1 Å². The third-order valence-electron chi connectivity index (χ3n) is 6.93. The van der Waals surface area contributed by atoms with E-state index < -0.39 is 5.97 Å². The maximum atomic E-state index is 14.1. The molecule has 0 bridgehead atoms. The van der Waals surface area contributed by atoms with Crippen molar-refractivity contribution in [1.82, 2.24) is 9.47 Å². The molecule has 5 rings (SSSR count).